The summed E-state index contributed by atoms with van der Waals surface area (Å²) >= 11 is 6.13. The van der Waals surface area contributed by atoms with E-state index in [0.29, 0.717) is 24.5 Å². The number of rotatable bonds is 3. The van der Waals surface area contributed by atoms with Crippen LogP contribution in [0.15, 0.2) is 24.3 Å². The molecule has 0 aliphatic carbocycles. The molecule has 1 fully saturated rings. The van der Waals surface area contributed by atoms with Gasteiger partial charge in [0.1, 0.15) is 6.04 Å². The van der Waals surface area contributed by atoms with Crippen LogP contribution in [-0.4, -0.2) is 36.8 Å². The van der Waals surface area contributed by atoms with Crippen molar-refractivity contribution in [1.29, 1.82) is 0 Å². The number of para-hydroxylation sites is 1. The Labute approximate surface area is 105 Å². The Morgan fingerprint density at radius 2 is 2.24 bits per heavy atom. The van der Waals surface area contributed by atoms with Crippen molar-refractivity contribution in [3.8, 4) is 0 Å². The minimum Gasteiger partial charge on any atom is -0.396 e. The van der Waals surface area contributed by atoms with Gasteiger partial charge in [-0.3, -0.25) is 4.79 Å². The van der Waals surface area contributed by atoms with E-state index < -0.39 is 0 Å². The van der Waals surface area contributed by atoms with Gasteiger partial charge in [-0.25, -0.2) is 0 Å². The summed E-state index contributed by atoms with van der Waals surface area (Å²) in [5.41, 5.74) is 0.850. The van der Waals surface area contributed by atoms with Crippen LogP contribution in [0.1, 0.15) is 6.42 Å². The third-order valence-corrected chi connectivity index (χ3v) is 3.21. The minimum absolute atomic E-state index is 0.0148. The van der Waals surface area contributed by atoms with Crippen LogP contribution in [0, 0.1) is 0 Å². The van der Waals surface area contributed by atoms with Crippen LogP contribution in [0.4, 0.5) is 5.69 Å². The first-order valence-corrected chi connectivity index (χ1v) is 6.01. The van der Waals surface area contributed by atoms with Gasteiger partial charge in [0.2, 0.25) is 5.91 Å². The lowest BCUT2D eigenvalue weighted by Gasteiger charge is -2.37. The molecule has 5 heteroatoms. The Bertz CT molecular complexity index is 411. The number of hydrogen-bond acceptors (Lipinski definition) is 3. The average Bonchev–Trinajstić information content (AvgIpc) is 2.33. The SMILES string of the molecule is O=C1NCCN(c2ccccc2Cl)C1CCO. The zero-order valence-corrected chi connectivity index (χ0v) is 10.2. The minimum atomic E-state index is -0.339. The number of carbonyl (C=O) groups is 1. The van der Waals surface area contributed by atoms with Crippen molar-refractivity contribution in [3.05, 3.63) is 29.3 Å². The smallest absolute Gasteiger partial charge is 0.242 e. The summed E-state index contributed by atoms with van der Waals surface area (Å²) in [4.78, 5) is 13.7. The number of hydrogen-bond donors (Lipinski definition) is 2. The topological polar surface area (TPSA) is 52.6 Å². The van der Waals surface area contributed by atoms with Crippen molar-refractivity contribution in [2.45, 2.75) is 12.5 Å². The zero-order chi connectivity index (χ0) is 12.3. The summed E-state index contributed by atoms with van der Waals surface area (Å²) in [5.74, 6) is -0.0507. The number of piperazine rings is 1. The summed E-state index contributed by atoms with van der Waals surface area (Å²) in [7, 11) is 0. The van der Waals surface area contributed by atoms with Gasteiger partial charge < -0.3 is 15.3 Å². The maximum absolute atomic E-state index is 11.8. The molecule has 1 atom stereocenters. The summed E-state index contributed by atoms with van der Waals surface area (Å²) in [5, 5.41) is 12.5. The highest BCUT2D eigenvalue weighted by Crippen LogP contribution is 2.28. The lowest BCUT2D eigenvalue weighted by molar-refractivity contribution is -0.123. The molecule has 4 nitrogen and oxygen atoms in total. The molecule has 0 saturated carbocycles. The monoisotopic (exact) mass is 254 g/mol. The van der Waals surface area contributed by atoms with Crippen LogP contribution < -0.4 is 10.2 Å². The van der Waals surface area contributed by atoms with Gasteiger partial charge in [-0.1, -0.05) is 23.7 Å². The first-order chi connectivity index (χ1) is 8.24. The molecule has 92 valence electrons. The predicted molar refractivity (Wildman–Crippen MR) is 67.3 cm³/mol. The Morgan fingerprint density at radius 1 is 1.47 bits per heavy atom. The van der Waals surface area contributed by atoms with Crippen molar-refractivity contribution < 1.29 is 9.90 Å². The summed E-state index contributed by atoms with van der Waals surface area (Å²) in [6, 6.07) is 7.11. The molecule has 1 aromatic rings. The molecule has 1 amide bonds. The fourth-order valence-corrected chi connectivity index (χ4v) is 2.34. The molecule has 17 heavy (non-hydrogen) atoms. The van der Waals surface area contributed by atoms with E-state index in [-0.39, 0.29) is 18.6 Å². The van der Waals surface area contributed by atoms with E-state index in [0.717, 1.165) is 5.69 Å². The molecule has 0 spiro atoms. The Morgan fingerprint density at radius 3 is 2.94 bits per heavy atom. The third kappa shape index (κ3) is 2.53. The largest absolute Gasteiger partial charge is 0.396 e. The van der Waals surface area contributed by atoms with E-state index in [4.69, 9.17) is 16.7 Å². The summed E-state index contributed by atoms with van der Waals surface area (Å²) < 4.78 is 0. The summed E-state index contributed by atoms with van der Waals surface area (Å²) in [6.45, 7) is 1.30. The van der Waals surface area contributed by atoms with E-state index in [1.165, 1.54) is 0 Å². The second-order valence-electron chi connectivity index (χ2n) is 3.96. The van der Waals surface area contributed by atoms with Crippen LogP contribution >= 0.6 is 11.6 Å². The normalized spacial score (nSPS) is 20.2. The third-order valence-electron chi connectivity index (χ3n) is 2.90. The highest BCUT2D eigenvalue weighted by Gasteiger charge is 2.30. The highest BCUT2D eigenvalue weighted by atomic mass is 35.5. The Hall–Kier alpha value is -1.26. The van der Waals surface area contributed by atoms with Gasteiger partial charge in [0.25, 0.3) is 0 Å². The Balaban J connectivity index is 2.28. The number of aliphatic hydroxyl groups is 1. The molecular formula is C12H15ClN2O2. The van der Waals surface area contributed by atoms with E-state index in [1.807, 2.05) is 23.1 Å². The number of nitrogens with zero attached hydrogens (tertiary/aromatic N) is 1. The molecule has 0 bridgehead atoms. The van der Waals surface area contributed by atoms with E-state index in [1.54, 1.807) is 6.07 Å². The molecule has 1 aromatic carbocycles. The van der Waals surface area contributed by atoms with Crippen LogP contribution in [0.5, 0.6) is 0 Å². The van der Waals surface area contributed by atoms with Gasteiger partial charge >= 0.3 is 0 Å². The van der Waals surface area contributed by atoms with Crippen molar-refractivity contribution in [1.82, 2.24) is 5.32 Å². The molecule has 1 unspecified atom stereocenters. The lowest BCUT2D eigenvalue weighted by Crippen LogP contribution is -2.55. The van der Waals surface area contributed by atoms with Gasteiger partial charge in [0, 0.05) is 19.7 Å². The van der Waals surface area contributed by atoms with Gasteiger partial charge in [-0.2, -0.15) is 0 Å². The van der Waals surface area contributed by atoms with Gasteiger partial charge in [-0.15, -0.1) is 0 Å². The second-order valence-corrected chi connectivity index (χ2v) is 4.37. The maximum atomic E-state index is 11.8. The molecule has 1 aliphatic heterocycles. The predicted octanol–water partition coefficient (Wildman–Crippen LogP) is 1.03. The summed E-state index contributed by atoms with van der Waals surface area (Å²) in [6.07, 6.45) is 0.414. The number of nitrogens with one attached hydrogen (secondary N) is 1. The van der Waals surface area contributed by atoms with E-state index >= 15 is 0 Å². The zero-order valence-electron chi connectivity index (χ0n) is 9.40. The van der Waals surface area contributed by atoms with E-state index in [2.05, 4.69) is 5.32 Å². The van der Waals surface area contributed by atoms with Gasteiger partial charge in [0.05, 0.1) is 10.7 Å². The molecule has 1 heterocycles. The van der Waals surface area contributed by atoms with Crippen LogP contribution in [0.2, 0.25) is 5.02 Å². The van der Waals surface area contributed by atoms with Gasteiger partial charge in [0.15, 0.2) is 0 Å². The van der Waals surface area contributed by atoms with E-state index in [9.17, 15) is 4.79 Å². The van der Waals surface area contributed by atoms with Crippen molar-refractivity contribution >= 4 is 23.2 Å². The highest BCUT2D eigenvalue weighted by molar-refractivity contribution is 6.33. The fourth-order valence-electron chi connectivity index (χ4n) is 2.10. The van der Waals surface area contributed by atoms with Crippen LogP contribution in [-0.2, 0) is 4.79 Å². The Kier molecular flexibility index (Phi) is 3.86. The number of aliphatic hydroxyl groups excluding tert-OH is 1. The lowest BCUT2D eigenvalue weighted by atomic mass is 10.1. The molecule has 0 aromatic heterocycles. The van der Waals surface area contributed by atoms with Crippen molar-refractivity contribution in [2.24, 2.45) is 0 Å². The average molecular weight is 255 g/mol. The number of carbonyl (C=O) groups excluding carboxylic acids is 1. The van der Waals surface area contributed by atoms with Crippen LogP contribution in [0.25, 0.3) is 0 Å². The number of amides is 1. The quantitative estimate of drug-likeness (QED) is 0.847. The number of halogens is 1. The maximum Gasteiger partial charge on any atom is 0.242 e. The van der Waals surface area contributed by atoms with Crippen molar-refractivity contribution in [2.75, 3.05) is 24.6 Å². The first kappa shape index (κ1) is 12.2. The molecule has 1 saturated heterocycles. The molecule has 2 rings (SSSR count). The molecule has 0 radical (unpaired) electrons. The molecule has 1 aliphatic rings. The first-order valence-electron chi connectivity index (χ1n) is 5.64. The standard InChI is InChI=1S/C12H15ClN2O2/c13-9-3-1-2-4-10(9)15-7-6-14-12(17)11(15)5-8-16/h1-4,11,16H,5-8H2,(H,14,17). The molecular weight excluding hydrogens is 240 g/mol. The van der Waals surface area contributed by atoms with Gasteiger partial charge in [-0.05, 0) is 18.6 Å². The second kappa shape index (κ2) is 5.38. The number of benzene rings is 1. The molecule has 2 N–H and O–H groups in total. The van der Waals surface area contributed by atoms with Crippen molar-refractivity contribution in [3.63, 3.8) is 0 Å². The van der Waals surface area contributed by atoms with Crippen LogP contribution in [0.3, 0.4) is 0 Å². The fraction of sp³-hybridized carbons (Fsp3) is 0.417. The number of anilines is 1.